The highest BCUT2D eigenvalue weighted by molar-refractivity contribution is 5.94. The Morgan fingerprint density at radius 2 is 2.17 bits per heavy atom. The van der Waals surface area contributed by atoms with Gasteiger partial charge in [0.1, 0.15) is 5.76 Å². The summed E-state index contributed by atoms with van der Waals surface area (Å²) in [6.07, 6.45) is 0.668. The fourth-order valence-corrected chi connectivity index (χ4v) is 3.95. The number of nitrogens with zero attached hydrogens (tertiary/aromatic N) is 2. The fraction of sp³-hybridized carbons (Fsp3) is 0.389. The number of hydrogen-bond acceptors (Lipinski definition) is 4. The second kappa shape index (κ2) is 5.47. The Bertz CT molecular complexity index is 786. The number of carbonyl (C=O) groups excluding carboxylic acids is 2. The van der Waals surface area contributed by atoms with Crippen LogP contribution in [0.1, 0.15) is 34.2 Å². The molecular weight excluding hydrogens is 306 g/mol. The topological polar surface area (TPSA) is 75.4 Å². The Labute approximate surface area is 139 Å². The highest BCUT2D eigenvalue weighted by Gasteiger charge is 2.55. The van der Waals surface area contributed by atoms with E-state index in [1.165, 1.54) is 0 Å². The van der Waals surface area contributed by atoms with Crippen molar-refractivity contribution in [3.63, 3.8) is 0 Å². The van der Waals surface area contributed by atoms with E-state index in [0.29, 0.717) is 37.5 Å². The molecule has 6 nitrogen and oxygen atoms in total. The van der Waals surface area contributed by atoms with Crippen LogP contribution in [0.4, 0.5) is 0 Å². The maximum Gasteiger partial charge on any atom is 0.276 e. The minimum absolute atomic E-state index is 0.0444. The molecule has 0 radical (unpaired) electrons. The van der Waals surface area contributed by atoms with Gasteiger partial charge in [-0.05, 0) is 18.9 Å². The largest absolute Gasteiger partial charge is 0.361 e. The number of aromatic nitrogens is 1. The summed E-state index contributed by atoms with van der Waals surface area (Å²) in [4.78, 5) is 26.9. The zero-order valence-electron chi connectivity index (χ0n) is 13.5. The van der Waals surface area contributed by atoms with Crippen LogP contribution in [0.25, 0.3) is 0 Å². The third-order valence-electron chi connectivity index (χ3n) is 5.22. The molecule has 1 N–H and O–H groups in total. The molecule has 2 fully saturated rings. The van der Waals surface area contributed by atoms with Gasteiger partial charge in [0.05, 0.1) is 5.41 Å². The summed E-state index contributed by atoms with van der Waals surface area (Å²) in [6.45, 7) is 3.35. The number of amides is 2. The van der Waals surface area contributed by atoms with E-state index in [9.17, 15) is 9.59 Å². The molecule has 124 valence electrons. The van der Waals surface area contributed by atoms with Crippen molar-refractivity contribution in [1.82, 2.24) is 15.4 Å². The van der Waals surface area contributed by atoms with Gasteiger partial charge in [0.2, 0.25) is 5.91 Å². The Balaban J connectivity index is 1.61. The normalized spacial score (nSPS) is 26.1. The average molecular weight is 325 g/mol. The Hall–Kier alpha value is -2.63. The van der Waals surface area contributed by atoms with Crippen molar-refractivity contribution in [2.45, 2.75) is 19.3 Å². The van der Waals surface area contributed by atoms with E-state index in [-0.39, 0.29) is 17.7 Å². The number of hydrogen-bond donors (Lipinski definition) is 1. The molecule has 2 amide bonds. The van der Waals surface area contributed by atoms with Crippen molar-refractivity contribution >= 4 is 11.8 Å². The summed E-state index contributed by atoms with van der Waals surface area (Å²) in [5.74, 6) is 0.564. The van der Waals surface area contributed by atoms with Crippen molar-refractivity contribution in [3.05, 3.63) is 53.4 Å². The van der Waals surface area contributed by atoms with Crippen LogP contribution in [-0.4, -0.2) is 41.5 Å². The second-order valence-electron chi connectivity index (χ2n) is 6.63. The lowest BCUT2D eigenvalue weighted by molar-refractivity contribution is -0.127. The number of carbonyl (C=O) groups is 2. The zero-order valence-corrected chi connectivity index (χ0v) is 13.5. The lowest BCUT2D eigenvalue weighted by Crippen LogP contribution is -2.39. The molecule has 2 aliphatic heterocycles. The molecule has 2 aliphatic rings. The predicted octanol–water partition coefficient (Wildman–Crippen LogP) is 1.73. The third-order valence-corrected chi connectivity index (χ3v) is 5.22. The van der Waals surface area contributed by atoms with Crippen molar-refractivity contribution in [2.75, 3.05) is 19.6 Å². The number of nitrogens with one attached hydrogen (secondary N) is 1. The lowest BCUT2D eigenvalue weighted by atomic mass is 9.73. The predicted molar refractivity (Wildman–Crippen MR) is 86.4 cm³/mol. The summed E-state index contributed by atoms with van der Waals surface area (Å²) in [5.41, 5.74) is 0.900. The molecule has 2 atom stereocenters. The quantitative estimate of drug-likeness (QED) is 0.912. The Morgan fingerprint density at radius 1 is 1.38 bits per heavy atom. The van der Waals surface area contributed by atoms with Crippen molar-refractivity contribution in [3.8, 4) is 0 Å². The van der Waals surface area contributed by atoms with Crippen LogP contribution in [0.2, 0.25) is 0 Å². The molecule has 2 saturated heterocycles. The van der Waals surface area contributed by atoms with E-state index in [2.05, 4.69) is 22.6 Å². The minimum Gasteiger partial charge on any atom is -0.361 e. The van der Waals surface area contributed by atoms with Crippen molar-refractivity contribution < 1.29 is 14.1 Å². The lowest BCUT2D eigenvalue weighted by Gasteiger charge is -2.28. The first kappa shape index (κ1) is 14.9. The van der Waals surface area contributed by atoms with Crippen LogP contribution in [-0.2, 0) is 4.79 Å². The highest BCUT2D eigenvalue weighted by atomic mass is 16.5. The van der Waals surface area contributed by atoms with Crippen LogP contribution >= 0.6 is 0 Å². The first-order valence-electron chi connectivity index (χ1n) is 8.16. The monoisotopic (exact) mass is 325 g/mol. The molecule has 6 heteroatoms. The van der Waals surface area contributed by atoms with Gasteiger partial charge in [0.25, 0.3) is 5.91 Å². The maximum atomic E-state index is 12.6. The number of aryl methyl sites for hydroxylation is 1. The first-order chi connectivity index (χ1) is 11.6. The molecule has 1 aromatic heterocycles. The van der Waals surface area contributed by atoms with Gasteiger partial charge in [0.15, 0.2) is 5.69 Å². The van der Waals surface area contributed by atoms with Gasteiger partial charge in [-0.15, -0.1) is 0 Å². The average Bonchev–Trinajstić information content (AvgIpc) is 3.30. The van der Waals surface area contributed by atoms with Crippen LogP contribution in [0.5, 0.6) is 0 Å². The second-order valence-corrected chi connectivity index (χ2v) is 6.63. The minimum atomic E-state index is -0.546. The molecule has 2 unspecified atom stereocenters. The molecule has 3 heterocycles. The molecule has 4 rings (SSSR count). The van der Waals surface area contributed by atoms with Gasteiger partial charge in [-0.1, -0.05) is 35.5 Å². The van der Waals surface area contributed by atoms with Gasteiger partial charge in [-0.2, -0.15) is 0 Å². The summed E-state index contributed by atoms with van der Waals surface area (Å²) in [5, 5.41) is 6.80. The van der Waals surface area contributed by atoms with Crippen LogP contribution in [0, 0.1) is 12.3 Å². The number of rotatable bonds is 2. The van der Waals surface area contributed by atoms with E-state index in [1.54, 1.807) is 17.9 Å². The van der Waals surface area contributed by atoms with Gasteiger partial charge in [-0.25, -0.2) is 0 Å². The van der Waals surface area contributed by atoms with Crippen LogP contribution in [0.3, 0.4) is 0 Å². The fourth-order valence-electron chi connectivity index (χ4n) is 3.95. The molecule has 2 aromatic rings. The molecule has 0 saturated carbocycles. The molecule has 24 heavy (non-hydrogen) atoms. The van der Waals surface area contributed by atoms with Gasteiger partial charge in [0, 0.05) is 31.6 Å². The highest BCUT2D eigenvalue weighted by Crippen LogP contribution is 2.47. The van der Waals surface area contributed by atoms with Crippen LogP contribution in [0.15, 0.2) is 40.9 Å². The third kappa shape index (κ3) is 2.21. The molecule has 0 bridgehead atoms. The summed E-state index contributed by atoms with van der Waals surface area (Å²) < 4.78 is 5.00. The Kier molecular flexibility index (Phi) is 3.40. The molecule has 1 aromatic carbocycles. The van der Waals surface area contributed by atoms with Gasteiger partial charge < -0.3 is 14.7 Å². The van der Waals surface area contributed by atoms with Crippen molar-refractivity contribution in [1.29, 1.82) is 0 Å². The van der Waals surface area contributed by atoms with Gasteiger partial charge in [-0.3, -0.25) is 9.59 Å². The summed E-state index contributed by atoms with van der Waals surface area (Å²) in [6, 6.07) is 11.7. The summed E-state index contributed by atoms with van der Waals surface area (Å²) in [7, 11) is 0. The van der Waals surface area contributed by atoms with E-state index in [4.69, 9.17) is 4.52 Å². The van der Waals surface area contributed by atoms with E-state index >= 15 is 0 Å². The Morgan fingerprint density at radius 3 is 2.88 bits per heavy atom. The van der Waals surface area contributed by atoms with E-state index in [0.717, 1.165) is 5.56 Å². The number of likely N-dealkylation sites (tertiary alicyclic amines) is 1. The van der Waals surface area contributed by atoms with Crippen LogP contribution < -0.4 is 5.32 Å². The molecule has 1 spiro atoms. The van der Waals surface area contributed by atoms with Crippen molar-refractivity contribution in [2.24, 2.45) is 5.41 Å². The first-order valence-corrected chi connectivity index (χ1v) is 8.16. The van der Waals surface area contributed by atoms with E-state index in [1.807, 2.05) is 18.2 Å². The summed E-state index contributed by atoms with van der Waals surface area (Å²) >= 11 is 0. The smallest absolute Gasteiger partial charge is 0.276 e. The zero-order chi connectivity index (χ0) is 16.7. The standard InChI is InChI=1S/C18H19N3O3/c1-12-9-15(20-24-12)16(22)21-8-7-18(11-21)14(10-19-17(18)23)13-5-3-2-4-6-13/h2-6,9,14H,7-8,10-11H2,1H3,(H,19,23). The SMILES string of the molecule is Cc1cc(C(=O)N2CCC3(C2)C(=O)NCC3c2ccccc2)no1. The maximum absolute atomic E-state index is 12.6. The molecular formula is C18H19N3O3. The van der Waals surface area contributed by atoms with Gasteiger partial charge >= 0.3 is 0 Å². The molecule has 0 aliphatic carbocycles. The number of benzene rings is 1. The van der Waals surface area contributed by atoms with E-state index < -0.39 is 5.41 Å².